The van der Waals surface area contributed by atoms with Crippen LogP contribution in [0, 0.1) is 6.42 Å². The summed E-state index contributed by atoms with van der Waals surface area (Å²) in [5.74, 6) is -0.654. The molecule has 5 heteroatoms. The molecule has 1 unspecified atom stereocenters. The van der Waals surface area contributed by atoms with Crippen molar-refractivity contribution < 1.29 is 23.8 Å². The van der Waals surface area contributed by atoms with Crippen molar-refractivity contribution in [2.75, 3.05) is 20.8 Å². The van der Waals surface area contributed by atoms with Crippen molar-refractivity contribution in [3.63, 3.8) is 0 Å². The molecular formula is C11H19O5. The number of methoxy groups -OCH3 is 2. The average molecular weight is 231 g/mol. The maximum atomic E-state index is 11.2. The van der Waals surface area contributed by atoms with Gasteiger partial charge < -0.3 is 14.2 Å². The minimum absolute atomic E-state index is 0.262. The van der Waals surface area contributed by atoms with E-state index in [-0.39, 0.29) is 5.97 Å². The molecule has 0 heterocycles. The zero-order chi connectivity index (χ0) is 12.4. The highest BCUT2D eigenvalue weighted by molar-refractivity contribution is 5.74. The molecule has 0 fully saturated rings. The highest BCUT2D eigenvalue weighted by Gasteiger charge is 2.18. The monoisotopic (exact) mass is 231 g/mol. The van der Waals surface area contributed by atoms with Gasteiger partial charge in [-0.05, 0) is 26.2 Å². The molecule has 0 aromatic rings. The van der Waals surface area contributed by atoms with Crippen molar-refractivity contribution in [2.45, 2.75) is 32.3 Å². The van der Waals surface area contributed by atoms with Crippen molar-refractivity contribution in [1.29, 1.82) is 0 Å². The van der Waals surface area contributed by atoms with E-state index >= 15 is 0 Å². The number of hydrogen-bond donors (Lipinski definition) is 0. The van der Waals surface area contributed by atoms with E-state index in [1.54, 1.807) is 0 Å². The van der Waals surface area contributed by atoms with Crippen LogP contribution in [0.15, 0.2) is 0 Å². The molecule has 0 N–H and O–H groups in total. The lowest BCUT2D eigenvalue weighted by Gasteiger charge is -2.13. The van der Waals surface area contributed by atoms with Gasteiger partial charge in [0.1, 0.15) is 0 Å². The van der Waals surface area contributed by atoms with Crippen LogP contribution in [0.2, 0.25) is 0 Å². The van der Waals surface area contributed by atoms with Crippen molar-refractivity contribution in [3.05, 3.63) is 6.42 Å². The first kappa shape index (κ1) is 14.9. The summed E-state index contributed by atoms with van der Waals surface area (Å²) in [5, 5.41) is 0. The Balaban J connectivity index is 3.76. The fourth-order valence-corrected chi connectivity index (χ4v) is 1.16. The Labute approximate surface area is 96.1 Å². The molecule has 0 spiro atoms. The molecular weight excluding hydrogens is 212 g/mol. The molecule has 16 heavy (non-hydrogen) atoms. The standard InChI is InChI=1S/C11H19O5/c1-4-16-9(11(13)15-3)7-5-6-8-10(12)14-2/h5,9H,4,6-8H2,1-3H3. The number of esters is 2. The van der Waals surface area contributed by atoms with E-state index in [2.05, 4.69) is 9.47 Å². The zero-order valence-corrected chi connectivity index (χ0v) is 10.0. The fraction of sp³-hybridized carbons (Fsp3) is 0.727. The van der Waals surface area contributed by atoms with Gasteiger partial charge in [-0.2, -0.15) is 0 Å². The molecule has 1 atom stereocenters. The van der Waals surface area contributed by atoms with E-state index in [1.807, 2.05) is 13.3 Å². The van der Waals surface area contributed by atoms with Crippen molar-refractivity contribution in [2.24, 2.45) is 0 Å². The quantitative estimate of drug-likeness (QED) is 0.462. The normalized spacial score (nSPS) is 11.9. The van der Waals surface area contributed by atoms with Gasteiger partial charge in [0, 0.05) is 13.0 Å². The van der Waals surface area contributed by atoms with Crippen LogP contribution in [0.25, 0.3) is 0 Å². The van der Waals surface area contributed by atoms with E-state index in [4.69, 9.17) is 4.74 Å². The van der Waals surface area contributed by atoms with Gasteiger partial charge in [0.05, 0.1) is 14.2 Å². The smallest absolute Gasteiger partial charge is 0.334 e. The molecule has 0 aliphatic heterocycles. The number of hydrogen-bond acceptors (Lipinski definition) is 5. The predicted molar refractivity (Wildman–Crippen MR) is 57.6 cm³/mol. The highest BCUT2D eigenvalue weighted by Crippen LogP contribution is 2.08. The molecule has 0 aliphatic carbocycles. The second-order valence-corrected chi connectivity index (χ2v) is 3.11. The first-order chi connectivity index (χ1) is 7.65. The predicted octanol–water partition coefficient (Wildman–Crippen LogP) is 1.11. The topological polar surface area (TPSA) is 61.8 Å². The Bertz CT molecular complexity index is 214. The number of unbranched alkanes of at least 4 members (excludes halogenated alkanes) is 1. The lowest BCUT2D eigenvalue weighted by Crippen LogP contribution is -2.25. The van der Waals surface area contributed by atoms with Crippen LogP contribution in [0.5, 0.6) is 0 Å². The molecule has 0 saturated heterocycles. The molecule has 0 saturated carbocycles. The van der Waals surface area contributed by atoms with E-state index < -0.39 is 12.1 Å². The Morgan fingerprint density at radius 2 is 1.94 bits per heavy atom. The molecule has 0 aliphatic rings. The number of carbonyl (C=O) groups is 2. The Morgan fingerprint density at radius 3 is 2.44 bits per heavy atom. The SMILES string of the molecule is CCOC(C[CH]CCC(=O)OC)C(=O)OC. The molecule has 1 radical (unpaired) electrons. The molecule has 0 rings (SSSR count). The van der Waals surface area contributed by atoms with Gasteiger partial charge >= 0.3 is 11.9 Å². The second kappa shape index (κ2) is 9.15. The first-order valence-corrected chi connectivity index (χ1v) is 5.23. The van der Waals surface area contributed by atoms with Gasteiger partial charge in [0.25, 0.3) is 0 Å². The van der Waals surface area contributed by atoms with Crippen LogP contribution >= 0.6 is 0 Å². The summed E-state index contributed by atoms with van der Waals surface area (Å²) < 4.78 is 14.3. The van der Waals surface area contributed by atoms with Crippen molar-refractivity contribution in [1.82, 2.24) is 0 Å². The van der Waals surface area contributed by atoms with Gasteiger partial charge in [0.15, 0.2) is 6.10 Å². The minimum atomic E-state index is -0.576. The number of ether oxygens (including phenoxy) is 3. The molecule has 93 valence electrons. The van der Waals surface area contributed by atoms with E-state index in [0.717, 1.165) is 0 Å². The first-order valence-electron chi connectivity index (χ1n) is 5.23. The maximum Gasteiger partial charge on any atom is 0.334 e. The minimum Gasteiger partial charge on any atom is -0.469 e. The summed E-state index contributed by atoms with van der Waals surface area (Å²) in [4.78, 5) is 22.0. The zero-order valence-electron chi connectivity index (χ0n) is 10.0. The molecule has 0 bridgehead atoms. The summed E-state index contributed by atoms with van der Waals surface area (Å²) in [6.07, 6.45) is 2.57. The molecule has 0 amide bonds. The average Bonchev–Trinajstić information content (AvgIpc) is 2.31. The van der Waals surface area contributed by atoms with Gasteiger partial charge in [-0.15, -0.1) is 0 Å². The third-order valence-corrected chi connectivity index (χ3v) is 1.99. The third kappa shape index (κ3) is 6.40. The van der Waals surface area contributed by atoms with E-state index in [9.17, 15) is 9.59 Å². The Morgan fingerprint density at radius 1 is 1.25 bits per heavy atom. The lowest BCUT2D eigenvalue weighted by atomic mass is 10.1. The molecule has 0 aromatic carbocycles. The summed E-state index contributed by atoms with van der Waals surface area (Å²) in [6, 6.07) is 0. The van der Waals surface area contributed by atoms with Crippen LogP contribution in [0.3, 0.4) is 0 Å². The van der Waals surface area contributed by atoms with Crippen LogP contribution in [-0.2, 0) is 23.8 Å². The summed E-state index contributed by atoms with van der Waals surface area (Å²) >= 11 is 0. The lowest BCUT2D eigenvalue weighted by molar-refractivity contribution is -0.153. The Kier molecular flexibility index (Phi) is 8.52. The van der Waals surface area contributed by atoms with E-state index in [1.165, 1.54) is 14.2 Å². The fourth-order valence-electron chi connectivity index (χ4n) is 1.16. The largest absolute Gasteiger partial charge is 0.469 e. The van der Waals surface area contributed by atoms with Gasteiger partial charge in [-0.1, -0.05) is 0 Å². The maximum absolute atomic E-state index is 11.2. The summed E-state index contributed by atoms with van der Waals surface area (Å²) in [6.45, 7) is 2.26. The van der Waals surface area contributed by atoms with Crippen molar-refractivity contribution >= 4 is 11.9 Å². The van der Waals surface area contributed by atoms with Crippen LogP contribution < -0.4 is 0 Å². The molecule has 0 aromatic heterocycles. The van der Waals surface area contributed by atoms with E-state index in [0.29, 0.717) is 25.9 Å². The van der Waals surface area contributed by atoms with Gasteiger partial charge in [-0.25, -0.2) is 4.79 Å². The van der Waals surface area contributed by atoms with Crippen LogP contribution in [-0.4, -0.2) is 38.9 Å². The summed E-state index contributed by atoms with van der Waals surface area (Å²) in [5.41, 5.74) is 0. The van der Waals surface area contributed by atoms with Gasteiger partial charge in [-0.3, -0.25) is 4.79 Å². The van der Waals surface area contributed by atoms with Crippen LogP contribution in [0.1, 0.15) is 26.2 Å². The summed E-state index contributed by atoms with van der Waals surface area (Å²) in [7, 11) is 2.67. The van der Waals surface area contributed by atoms with Crippen LogP contribution in [0.4, 0.5) is 0 Å². The van der Waals surface area contributed by atoms with Gasteiger partial charge in [0.2, 0.25) is 0 Å². The third-order valence-electron chi connectivity index (χ3n) is 1.99. The highest BCUT2D eigenvalue weighted by atomic mass is 16.6. The van der Waals surface area contributed by atoms with Crippen molar-refractivity contribution in [3.8, 4) is 0 Å². The Hall–Kier alpha value is -1.10. The molecule has 5 nitrogen and oxygen atoms in total. The second-order valence-electron chi connectivity index (χ2n) is 3.11. The number of carbonyl (C=O) groups excluding carboxylic acids is 2. The number of rotatable bonds is 8.